The first-order chi connectivity index (χ1) is 9.58. The van der Waals surface area contributed by atoms with Crippen LogP contribution in [-0.4, -0.2) is 11.6 Å². The number of nitrogens with one attached hydrogen (secondary N) is 1. The Balaban J connectivity index is 0.000000829. The van der Waals surface area contributed by atoms with Gasteiger partial charge in [0, 0.05) is 22.5 Å². The van der Waals surface area contributed by atoms with E-state index in [1.54, 1.807) is 0 Å². The first-order valence-corrected chi connectivity index (χ1v) is 7.79. The molecule has 0 fully saturated rings. The molecule has 1 unspecified atom stereocenters. The van der Waals surface area contributed by atoms with Gasteiger partial charge in [-0.3, -0.25) is 4.79 Å². The summed E-state index contributed by atoms with van der Waals surface area (Å²) in [5, 5.41) is 4.09. The Kier molecular flexibility index (Phi) is 8.88. The van der Waals surface area contributed by atoms with Crippen molar-refractivity contribution in [2.75, 3.05) is 5.73 Å². The summed E-state index contributed by atoms with van der Waals surface area (Å²) in [7, 11) is 0. The van der Waals surface area contributed by atoms with Crippen molar-refractivity contribution in [3.8, 4) is 0 Å². The Morgan fingerprint density at radius 1 is 1.30 bits per heavy atom. The van der Waals surface area contributed by atoms with Crippen LogP contribution in [0.1, 0.15) is 46.6 Å². The van der Waals surface area contributed by atoms with Gasteiger partial charge in [0.05, 0.1) is 5.71 Å². The molecule has 0 spiro atoms. The molecule has 5 heteroatoms. The zero-order valence-electron chi connectivity index (χ0n) is 12.8. The van der Waals surface area contributed by atoms with Crippen molar-refractivity contribution in [2.24, 2.45) is 11.0 Å². The minimum atomic E-state index is -0.0363. The zero-order valence-corrected chi connectivity index (χ0v) is 14.4. The normalized spacial score (nSPS) is 16.8. The number of nitrogens with zero attached hydrogens (tertiary/aromatic N) is 1. The number of nitrogens with two attached hydrogens (primary N) is 1. The lowest BCUT2D eigenvalue weighted by molar-refractivity contribution is -0.121. The topological polar surface area (TPSA) is 67.5 Å². The number of amides is 1. The highest BCUT2D eigenvalue weighted by molar-refractivity contribution is 9.10. The molecule has 1 heterocycles. The Morgan fingerprint density at radius 3 is 2.40 bits per heavy atom. The molecule has 0 bridgehead atoms. The maximum atomic E-state index is 11.1. The molecule has 0 radical (unpaired) electrons. The highest BCUT2D eigenvalue weighted by Crippen LogP contribution is 2.24. The van der Waals surface area contributed by atoms with Crippen molar-refractivity contribution in [1.82, 2.24) is 5.43 Å². The van der Waals surface area contributed by atoms with Gasteiger partial charge in [0.1, 0.15) is 0 Å². The number of nitrogen functional groups attached to an aromatic ring is 1. The lowest BCUT2D eigenvalue weighted by Crippen LogP contribution is -2.31. The predicted octanol–water partition coefficient (Wildman–Crippen LogP) is 3.94. The van der Waals surface area contributed by atoms with Crippen LogP contribution < -0.4 is 11.2 Å². The molecule has 1 aliphatic heterocycles. The van der Waals surface area contributed by atoms with Crippen LogP contribution in [0.4, 0.5) is 5.69 Å². The monoisotopic (exact) mass is 341 g/mol. The molecule has 1 aromatic carbocycles. The summed E-state index contributed by atoms with van der Waals surface area (Å²) >= 11 is 3.38. The molecule has 0 aromatic heterocycles. The molecule has 2 rings (SSSR count). The summed E-state index contributed by atoms with van der Waals surface area (Å²) < 4.78 is 0.844. The van der Waals surface area contributed by atoms with Gasteiger partial charge in [-0.05, 0) is 33.6 Å². The van der Waals surface area contributed by atoms with Gasteiger partial charge in [-0.2, -0.15) is 5.10 Å². The second-order valence-corrected chi connectivity index (χ2v) is 4.73. The van der Waals surface area contributed by atoms with E-state index in [1.807, 2.05) is 52.8 Å². The van der Waals surface area contributed by atoms with E-state index >= 15 is 0 Å². The molecule has 0 saturated heterocycles. The lowest BCUT2D eigenvalue weighted by atomic mass is 9.94. The summed E-state index contributed by atoms with van der Waals surface area (Å²) in [6.07, 6.45) is 0.473. The van der Waals surface area contributed by atoms with Crippen molar-refractivity contribution in [1.29, 1.82) is 0 Å². The lowest BCUT2D eigenvalue weighted by Gasteiger charge is -2.19. The molecular weight excluding hydrogens is 318 g/mol. The van der Waals surface area contributed by atoms with E-state index in [1.165, 1.54) is 0 Å². The van der Waals surface area contributed by atoms with Gasteiger partial charge in [-0.25, -0.2) is 5.43 Å². The fourth-order valence-corrected chi connectivity index (χ4v) is 2.07. The van der Waals surface area contributed by atoms with Crippen LogP contribution in [0.2, 0.25) is 0 Å². The van der Waals surface area contributed by atoms with Crippen LogP contribution in [-0.2, 0) is 4.79 Å². The van der Waals surface area contributed by atoms with Gasteiger partial charge >= 0.3 is 0 Å². The Labute approximate surface area is 130 Å². The summed E-state index contributed by atoms with van der Waals surface area (Å²) in [6.45, 7) is 9.99. The average molecular weight is 342 g/mol. The molecule has 0 saturated carbocycles. The average Bonchev–Trinajstić information content (AvgIpc) is 2.46. The number of hydrogen-bond acceptors (Lipinski definition) is 3. The van der Waals surface area contributed by atoms with E-state index in [0.29, 0.717) is 12.1 Å². The minimum absolute atomic E-state index is 0.0363. The fraction of sp³-hybridized carbons (Fsp3) is 0.467. The fourth-order valence-electron chi connectivity index (χ4n) is 1.69. The van der Waals surface area contributed by atoms with Gasteiger partial charge in [-0.1, -0.05) is 40.7 Å². The number of anilines is 1. The molecule has 1 aliphatic rings. The van der Waals surface area contributed by atoms with Gasteiger partial charge in [0.25, 0.3) is 0 Å². The van der Waals surface area contributed by atoms with Crippen LogP contribution in [0.3, 0.4) is 0 Å². The van der Waals surface area contributed by atoms with Crippen LogP contribution in [0.5, 0.6) is 0 Å². The van der Waals surface area contributed by atoms with Gasteiger partial charge in [-0.15, -0.1) is 0 Å². The quantitative estimate of drug-likeness (QED) is 0.759. The number of hydrazone groups is 1. The second-order valence-electron chi connectivity index (χ2n) is 3.87. The molecular formula is C15H24BrN3O. The molecule has 1 atom stereocenters. The SMILES string of the molecule is CC.CC.CC1CC(=O)NN=C1c1ccc(N)c(Br)c1. The maximum absolute atomic E-state index is 11.1. The third-order valence-corrected chi connectivity index (χ3v) is 3.24. The Hall–Kier alpha value is -1.36. The summed E-state index contributed by atoms with van der Waals surface area (Å²) in [5.41, 5.74) is 10.8. The van der Waals surface area contributed by atoms with E-state index in [-0.39, 0.29) is 11.8 Å². The number of carbonyl (C=O) groups is 1. The third-order valence-electron chi connectivity index (χ3n) is 2.56. The number of rotatable bonds is 1. The van der Waals surface area contributed by atoms with Gasteiger partial charge in [0.15, 0.2) is 0 Å². The first-order valence-electron chi connectivity index (χ1n) is 6.99. The minimum Gasteiger partial charge on any atom is -0.398 e. The van der Waals surface area contributed by atoms with Crippen molar-refractivity contribution in [2.45, 2.75) is 41.0 Å². The van der Waals surface area contributed by atoms with Crippen LogP contribution in [0.25, 0.3) is 0 Å². The van der Waals surface area contributed by atoms with E-state index < -0.39 is 0 Å². The second kappa shape index (κ2) is 9.53. The molecule has 1 aromatic rings. The number of carbonyl (C=O) groups excluding carboxylic acids is 1. The van der Waals surface area contributed by atoms with Gasteiger partial charge < -0.3 is 5.73 Å². The maximum Gasteiger partial charge on any atom is 0.240 e. The zero-order chi connectivity index (χ0) is 15.7. The van der Waals surface area contributed by atoms with Gasteiger partial charge in [0.2, 0.25) is 5.91 Å². The van der Waals surface area contributed by atoms with Crippen molar-refractivity contribution >= 4 is 33.2 Å². The van der Waals surface area contributed by atoms with E-state index in [9.17, 15) is 4.79 Å². The highest BCUT2D eigenvalue weighted by atomic mass is 79.9. The summed E-state index contributed by atoms with van der Waals surface area (Å²) in [6, 6.07) is 5.65. The Bertz CT molecular complexity index is 472. The summed E-state index contributed by atoms with van der Waals surface area (Å²) in [5.74, 6) is 0.0926. The number of hydrogen-bond donors (Lipinski definition) is 2. The molecule has 20 heavy (non-hydrogen) atoms. The summed E-state index contributed by atoms with van der Waals surface area (Å²) in [4.78, 5) is 11.1. The van der Waals surface area contributed by atoms with E-state index in [2.05, 4.69) is 26.5 Å². The molecule has 112 valence electrons. The highest BCUT2D eigenvalue weighted by Gasteiger charge is 2.21. The van der Waals surface area contributed by atoms with Crippen LogP contribution in [0, 0.1) is 5.92 Å². The van der Waals surface area contributed by atoms with Crippen molar-refractivity contribution < 1.29 is 4.79 Å². The molecule has 0 aliphatic carbocycles. The standard InChI is InChI=1S/C11H12BrN3O.2C2H6/c1-6-4-10(16)14-15-11(6)7-2-3-9(13)8(12)5-7;2*1-2/h2-3,5-6H,4,13H2,1H3,(H,14,16);2*1-2H3. The smallest absolute Gasteiger partial charge is 0.240 e. The van der Waals surface area contributed by atoms with E-state index in [4.69, 9.17) is 5.73 Å². The Morgan fingerprint density at radius 2 is 1.90 bits per heavy atom. The molecule has 3 N–H and O–H groups in total. The van der Waals surface area contributed by atoms with Crippen LogP contribution >= 0.6 is 15.9 Å². The van der Waals surface area contributed by atoms with E-state index in [0.717, 1.165) is 15.7 Å². The number of halogens is 1. The molecule has 4 nitrogen and oxygen atoms in total. The largest absolute Gasteiger partial charge is 0.398 e. The van der Waals surface area contributed by atoms with Crippen molar-refractivity contribution in [3.05, 3.63) is 28.2 Å². The third kappa shape index (κ3) is 4.96. The molecule has 1 amide bonds. The predicted molar refractivity (Wildman–Crippen MR) is 89.7 cm³/mol. The number of benzene rings is 1. The van der Waals surface area contributed by atoms with Crippen molar-refractivity contribution in [3.63, 3.8) is 0 Å². The van der Waals surface area contributed by atoms with Crippen LogP contribution in [0.15, 0.2) is 27.8 Å². The first kappa shape index (κ1) is 18.6.